The first-order chi connectivity index (χ1) is 12.0. The molecule has 0 saturated carbocycles. The number of carbonyl (C=O) groups is 3. The summed E-state index contributed by atoms with van der Waals surface area (Å²) >= 11 is 0. The fraction of sp³-hybridized carbons (Fsp3) is 0.444. The Kier molecular flexibility index (Phi) is 6.52. The zero-order chi connectivity index (χ0) is 18.2. The number of nitrogens with one attached hydrogen (secondary N) is 1. The van der Waals surface area contributed by atoms with E-state index in [0.717, 1.165) is 12.8 Å². The molecule has 1 aliphatic heterocycles. The Morgan fingerprint density at radius 2 is 2.04 bits per heavy atom. The van der Waals surface area contributed by atoms with Crippen molar-refractivity contribution in [2.24, 2.45) is 5.92 Å². The summed E-state index contributed by atoms with van der Waals surface area (Å²) in [5, 5.41) is 11.2. The predicted octanol–water partition coefficient (Wildman–Crippen LogP) is 1.49. The first kappa shape index (κ1) is 18.5. The molecule has 0 radical (unpaired) electrons. The molecule has 1 aromatic carbocycles. The van der Waals surface area contributed by atoms with Gasteiger partial charge in [0.05, 0.1) is 6.07 Å². The van der Waals surface area contributed by atoms with Crippen LogP contribution < -0.4 is 10.1 Å². The minimum atomic E-state index is -0.427. The van der Waals surface area contributed by atoms with Crippen LogP contribution in [-0.2, 0) is 9.59 Å². The summed E-state index contributed by atoms with van der Waals surface area (Å²) in [6, 6.07) is 8.40. The van der Waals surface area contributed by atoms with Gasteiger partial charge in [-0.15, -0.1) is 0 Å². The molecule has 2 amide bonds. The second-order valence-corrected chi connectivity index (χ2v) is 6.00. The van der Waals surface area contributed by atoms with Crippen molar-refractivity contribution in [1.29, 1.82) is 5.26 Å². The number of amides is 2. The summed E-state index contributed by atoms with van der Waals surface area (Å²) < 4.78 is 5.01. The van der Waals surface area contributed by atoms with E-state index < -0.39 is 5.97 Å². The molecule has 7 heteroatoms. The topological polar surface area (TPSA) is 99.5 Å². The van der Waals surface area contributed by atoms with Gasteiger partial charge in [-0.05, 0) is 37.0 Å². The summed E-state index contributed by atoms with van der Waals surface area (Å²) in [6.45, 7) is 3.06. The summed E-state index contributed by atoms with van der Waals surface area (Å²) in [7, 11) is 0. The maximum Gasteiger partial charge on any atom is 0.308 e. The van der Waals surface area contributed by atoms with E-state index in [1.807, 2.05) is 6.07 Å². The minimum Gasteiger partial charge on any atom is -0.427 e. The molecular formula is C18H21N3O4. The number of carbonyl (C=O) groups excluding carboxylic acids is 3. The Hall–Kier alpha value is -2.88. The summed E-state index contributed by atoms with van der Waals surface area (Å²) in [5.74, 6) is -0.124. The van der Waals surface area contributed by atoms with Crippen molar-refractivity contribution in [2.75, 3.05) is 19.6 Å². The average Bonchev–Trinajstić information content (AvgIpc) is 2.60. The van der Waals surface area contributed by atoms with E-state index in [2.05, 4.69) is 5.32 Å². The van der Waals surface area contributed by atoms with Gasteiger partial charge in [0.25, 0.3) is 5.91 Å². The molecule has 1 fully saturated rings. The van der Waals surface area contributed by atoms with E-state index in [1.54, 1.807) is 29.2 Å². The molecule has 0 spiro atoms. The van der Waals surface area contributed by atoms with Crippen molar-refractivity contribution in [3.05, 3.63) is 29.8 Å². The van der Waals surface area contributed by atoms with Gasteiger partial charge in [0.1, 0.15) is 12.2 Å². The maximum absolute atomic E-state index is 12.6. The first-order valence-corrected chi connectivity index (χ1v) is 8.21. The minimum absolute atomic E-state index is 0.0963. The lowest BCUT2D eigenvalue weighted by Gasteiger charge is -2.32. The van der Waals surface area contributed by atoms with E-state index in [4.69, 9.17) is 10.00 Å². The molecular weight excluding hydrogens is 322 g/mol. The van der Waals surface area contributed by atoms with Crippen LogP contribution in [0.4, 0.5) is 0 Å². The number of likely N-dealkylation sites (tertiary alicyclic amines) is 1. The van der Waals surface area contributed by atoms with Gasteiger partial charge >= 0.3 is 5.97 Å². The number of nitrogens with zero attached hydrogens (tertiary/aromatic N) is 2. The molecule has 0 unspecified atom stereocenters. The standard InChI is InChI=1S/C18H21N3O4/c1-13(22)25-16-4-2-3-15(11-16)18(24)21-9-6-14(7-10-21)12-20-17(23)5-8-19/h2-4,11,14H,5-7,9-10,12H2,1H3,(H,20,23). The summed E-state index contributed by atoms with van der Waals surface area (Å²) in [5.41, 5.74) is 0.486. The summed E-state index contributed by atoms with van der Waals surface area (Å²) in [4.78, 5) is 36.7. The molecule has 0 bridgehead atoms. The number of hydrogen-bond donors (Lipinski definition) is 1. The highest BCUT2D eigenvalue weighted by atomic mass is 16.5. The largest absolute Gasteiger partial charge is 0.427 e. The van der Waals surface area contributed by atoms with E-state index in [1.165, 1.54) is 6.92 Å². The normalized spacial score (nSPS) is 14.5. The molecule has 0 aliphatic carbocycles. The predicted molar refractivity (Wildman–Crippen MR) is 89.6 cm³/mol. The third-order valence-corrected chi connectivity index (χ3v) is 4.07. The average molecular weight is 343 g/mol. The summed E-state index contributed by atoms with van der Waals surface area (Å²) in [6.07, 6.45) is 1.46. The smallest absolute Gasteiger partial charge is 0.308 e. The number of nitriles is 1. The second kappa shape index (κ2) is 8.83. The lowest BCUT2D eigenvalue weighted by atomic mass is 9.96. The van der Waals surface area contributed by atoms with Crippen LogP contribution >= 0.6 is 0 Å². The molecule has 1 aromatic rings. The molecule has 0 atom stereocenters. The molecule has 1 heterocycles. The quantitative estimate of drug-likeness (QED) is 0.645. The van der Waals surface area contributed by atoms with Crippen LogP contribution in [0.2, 0.25) is 0 Å². The zero-order valence-corrected chi connectivity index (χ0v) is 14.2. The molecule has 1 aliphatic rings. The molecule has 0 aromatic heterocycles. The highest BCUT2D eigenvalue weighted by molar-refractivity contribution is 5.94. The van der Waals surface area contributed by atoms with Gasteiger partial charge in [0, 0.05) is 32.1 Å². The number of hydrogen-bond acceptors (Lipinski definition) is 5. The molecule has 7 nitrogen and oxygen atoms in total. The number of piperidine rings is 1. The van der Waals surface area contributed by atoms with E-state index in [9.17, 15) is 14.4 Å². The van der Waals surface area contributed by atoms with Gasteiger partial charge in [0.2, 0.25) is 5.91 Å². The van der Waals surface area contributed by atoms with Gasteiger partial charge in [-0.2, -0.15) is 5.26 Å². The van der Waals surface area contributed by atoms with Gasteiger partial charge in [-0.3, -0.25) is 14.4 Å². The monoisotopic (exact) mass is 343 g/mol. The van der Waals surface area contributed by atoms with Crippen molar-refractivity contribution in [3.63, 3.8) is 0 Å². The molecule has 1 saturated heterocycles. The highest BCUT2D eigenvalue weighted by Crippen LogP contribution is 2.20. The lowest BCUT2D eigenvalue weighted by molar-refractivity contribution is -0.131. The van der Waals surface area contributed by atoms with E-state index in [0.29, 0.717) is 36.9 Å². The highest BCUT2D eigenvalue weighted by Gasteiger charge is 2.24. The van der Waals surface area contributed by atoms with Crippen LogP contribution in [0, 0.1) is 17.2 Å². The Morgan fingerprint density at radius 3 is 2.68 bits per heavy atom. The number of benzene rings is 1. The third-order valence-electron chi connectivity index (χ3n) is 4.07. The van der Waals surface area contributed by atoms with Crippen molar-refractivity contribution in [1.82, 2.24) is 10.2 Å². The fourth-order valence-electron chi connectivity index (χ4n) is 2.77. The fourth-order valence-corrected chi connectivity index (χ4v) is 2.77. The van der Waals surface area contributed by atoms with E-state index >= 15 is 0 Å². The zero-order valence-electron chi connectivity index (χ0n) is 14.2. The Labute approximate surface area is 146 Å². The Morgan fingerprint density at radius 1 is 1.32 bits per heavy atom. The SMILES string of the molecule is CC(=O)Oc1cccc(C(=O)N2CCC(CNC(=O)CC#N)CC2)c1. The molecule has 132 valence electrons. The van der Waals surface area contributed by atoms with Crippen LogP contribution in [0.1, 0.15) is 36.5 Å². The van der Waals surface area contributed by atoms with Crippen LogP contribution in [0.3, 0.4) is 0 Å². The van der Waals surface area contributed by atoms with Crippen molar-refractivity contribution in [2.45, 2.75) is 26.2 Å². The molecule has 1 N–H and O–H groups in total. The van der Waals surface area contributed by atoms with Crippen LogP contribution in [0.15, 0.2) is 24.3 Å². The lowest BCUT2D eigenvalue weighted by Crippen LogP contribution is -2.41. The van der Waals surface area contributed by atoms with Crippen molar-refractivity contribution >= 4 is 17.8 Å². The Bertz CT molecular complexity index is 688. The molecule has 2 rings (SSSR count). The van der Waals surface area contributed by atoms with Gasteiger partial charge in [0.15, 0.2) is 0 Å². The van der Waals surface area contributed by atoms with Gasteiger partial charge < -0.3 is 15.0 Å². The van der Waals surface area contributed by atoms with Gasteiger partial charge in [-0.25, -0.2) is 0 Å². The van der Waals surface area contributed by atoms with Gasteiger partial charge in [-0.1, -0.05) is 6.07 Å². The number of rotatable bonds is 5. The van der Waals surface area contributed by atoms with Crippen LogP contribution in [-0.4, -0.2) is 42.3 Å². The second-order valence-electron chi connectivity index (χ2n) is 6.00. The number of esters is 1. The van der Waals surface area contributed by atoms with Crippen LogP contribution in [0.5, 0.6) is 5.75 Å². The third kappa shape index (κ3) is 5.60. The van der Waals surface area contributed by atoms with E-state index in [-0.39, 0.29) is 18.2 Å². The van der Waals surface area contributed by atoms with Crippen molar-refractivity contribution < 1.29 is 19.1 Å². The van der Waals surface area contributed by atoms with Crippen molar-refractivity contribution in [3.8, 4) is 11.8 Å². The maximum atomic E-state index is 12.6. The van der Waals surface area contributed by atoms with Crippen LogP contribution in [0.25, 0.3) is 0 Å². The molecule has 25 heavy (non-hydrogen) atoms. The first-order valence-electron chi connectivity index (χ1n) is 8.21. The number of ether oxygens (including phenoxy) is 1. The Balaban J connectivity index is 1.86.